The molecular weight excluding hydrogens is 475 g/mol. The van der Waals surface area contributed by atoms with Crippen LogP contribution in [0.25, 0.3) is 5.76 Å². The van der Waals surface area contributed by atoms with Gasteiger partial charge in [-0.1, -0.05) is 26.0 Å². The van der Waals surface area contributed by atoms with E-state index in [9.17, 15) is 19.1 Å². The molecule has 0 spiro atoms. The number of morpholine rings is 1. The Balaban J connectivity index is 1.65. The van der Waals surface area contributed by atoms with E-state index >= 15 is 0 Å². The maximum absolute atomic E-state index is 13.7. The molecule has 0 aromatic heterocycles. The van der Waals surface area contributed by atoms with Gasteiger partial charge in [-0.15, -0.1) is 0 Å². The van der Waals surface area contributed by atoms with Crippen LogP contribution in [-0.4, -0.2) is 72.6 Å². The number of aryl methyl sites for hydroxylation is 1. The number of aliphatic hydroxyl groups excluding tert-OH is 1. The molecule has 7 nitrogen and oxygen atoms in total. The molecule has 2 aliphatic rings. The van der Waals surface area contributed by atoms with Gasteiger partial charge < -0.3 is 19.5 Å². The van der Waals surface area contributed by atoms with Crippen molar-refractivity contribution in [2.75, 3.05) is 46.0 Å². The second-order valence-electron chi connectivity index (χ2n) is 10.0. The lowest BCUT2D eigenvalue weighted by atomic mass is 9.94. The molecule has 1 N–H and O–H groups in total. The van der Waals surface area contributed by atoms with E-state index in [0.29, 0.717) is 55.6 Å². The SMILES string of the molecule is Cc1cc(/C(O)=C2\C(=O)C(=O)N(CCCN3CCOCC3)[C@H]2c2ccc(F)cc2)ccc1OCC(C)C. The average Bonchev–Trinajstić information content (AvgIpc) is 3.13. The molecule has 1 amide bonds. The van der Waals surface area contributed by atoms with Crippen molar-refractivity contribution in [1.82, 2.24) is 9.80 Å². The van der Waals surface area contributed by atoms with Crippen LogP contribution < -0.4 is 4.74 Å². The highest BCUT2D eigenvalue weighted by atomic mass is 19.1. The van der Waals surface area contributed by atoms with Crippen LogP contribution >= 0.6 is 0 Å². The third-order valence-electron chi connectivity index (χ3n) is 6.72. The Bertz CT molecular complexity index is 1160. The first-order valence-corrected chi connectivity index (χ1v) is 12.8. The second kappa shape index (κ2) is 11.9. The fraction of sp³-hybridized carbons (Fsp3) is 0.448. The summed E-state index contributed by atoms with van der Waals surface area (Å²) in [6.07, 6.45) is 0.658. The van der Waals surface area contributed by atoms with E-state index in [1.165, 1.54) is 17.0 Å². The van der Waals surface area contributed by atoms with Crippen molar-refractivity contribution in [2.24, 2.45) is 5.92 Å². The van der Waals surface area contributed by atoms with Gasteiger partial charge in [-0.05, 0) is 60.7 Å². The predicted molar refractivity (Wildman–Crippen MR) is 139 cm³/mol. The van der Waals surface area contributed by atoms with Crippen LogP contribution in [0.15, 0.2) is 48.0 Å². The summed E-state index contributed by atoms with van der Waals surface area (Å²) in [7, 11) is 0. The van der Waals surface area contributed by atoms with Gasteiger partial charge in [-0.3, -0.25) is 14.5 Å². The minimum Gasteiger partial charge on any atom is -0.507 e. The number of hydrogen-bond acceptors (Lipinski definition) is 6. The first kappa shape index (κ1) is 26.8. The second-order valence-corrected chi connectivity index (χ2v) is 10.0. The number of ether oxygens (including phenoxy) is 2. The lowest BCUT2D eigenvalue weighted by Crippen LogP contribution is -2.38. The predicted octanol–water partition coefficient (Wildman–Crippen LogP) is 4.31. The van der Waals surface area contributed by atoms with Crippen molar-refractivity contribution in [3.8, 4) is 5.75 Å². The summed E-state index contributed by atoms with van der Waals surface area (Å²) >= 11 is 0. The fourth-order valence-corrected chi connectivity index (χ4v) is 4.76. The van der Waals surface area contributed by atoms with Gasteiger partial charge in [-0.2, -0.15) is 0 Å². The van der Waals surface area contributed by atoms with Gasteiger partial charge in [-0.25, -0.2) is 4.39 Å². The molecule has 0 radical (unpaired) electrons. The van der Waals surface area contributed by atoms with Crippen LogP contribution in [0, 0.1) is 18.7 Å². The van der Waals surface area contributed by atoms with Crippen molar-refractivity contribution in [2.45, 2.75) is 33.2 Å². The maximum Gasteiger partial charge on any atom is 0.295 e. The molecule has 2 aromatic carbocycles. The van der Waals surface area contributed by atoms with Gasteiger partial charge in [0.2, 0.25) is 0 Å². The van der Waals surface area contributed by atoms with E-state index in [1.54, 1.807) is 30.3 Å². The van der Waals surface area contributed by atoms with Gasteiger partial charge in [0.1, 0.15) is 17.3 Å². The van der Waals surface area contributed by atoms with Crippen molar-refractivity contribution in [1.29, 1.82) is 0 Å². The molecule has 1 atom stereocenters. The van der Waals surface area contributed by atoms with Crippen LogP contribution in [-0.2, 0) is 14.3 Å². The molecule has 2 saturated heterocycles. The van der Waals surface area contributed by atoms with Gasteiger partial charge in [0.05, 0.1) is 31.4 Å². The van der Waals surface area contributed by atoms with Crippen LogP contribution in [0.4, 0.5) is 4.39 Å². The largest absolute Gasteiger partial charge is 0.507 e. The lowest BCUT2D eigenvalue weighted by Gasteiger charge is -2.29. The number of Topliss-reactive ketones (excluding diaryl/α,β-unsaturated/α-hetero) is 1. The van der Waals surface area contributed by atoms with Crippen LogP contribution in [0.1, 0.15) is 43.0 Å². The standard InChI is InChI=1S/C29H35FN2O5/c1-19(2)18-37-24-10-7-22(17-20(24)3)27(33)25-26(21-5-8-23(30)9-6-21)32(29(35)28(25)34)12-4-11-31-13-15-36-16-14-31/h5-10,17,19,26,33H,4,11-16,18H2,1-3H3/b27-25+/t26-/m0/s1. The Labute approximate surface area is 217 Å². The molecule has 198 valence electrons. The third kappa shape index (κ3) is 6.19. The molecule has 0 bridgehead atoms. The number of hydrogen-bond donors (Lipinski definition) is 1. The van der Waals surface area contributed by atoms with Crippen molar-refractivity contribution >= 4 is 17.4 Å². The highest BCUT2D eigenvalue weighted by Gasteiger charge is 2.45. The quantitative estimate of drug-likeness (QED) is 0.308. The number of nitrogens with zero attached hydrogens (tertiary/aromatic N) is 2. The van der Waals surface area contributed by atoms with E-state index < -0.39 is 23.5 Å². The number of rotatable bonds is 9. The first-order chi connectivity index (χ1) is 17.8. The van der Waals surface area contributed by atoms with Crippen molar-refractivity contribution in [3.05, 3.63) is 70.5 Å². The minimum atomic E-state index is -0.803. The summed E-state index contributed by atoms with van der Waals surface area (Å²) in [5, 5.41) is 11.3. The summed E-state index contributed by atoms with van der Waals surface area (Å²) in [6.45, 7) is 10.7. The van der Waals surface area contributed by atoms with Crippen molar-refractivity contribution in [3.63, 3.8) is 0 Å². The number of benzene rings is 2. The summed E-state index contributed by atoms with van der Waals surface area (Å²) in [6, 6.07) is 10.1. The Morgan fingerprint density at radius 1 is 1.11 bits per heavy atom. The van der Waals surface area contributed by atoms with Crippen LogP contribution in [0.3, 0.4) is 0 Å². The van der Waals surface area contributed by atoms with E-state index in [1.807, 2.05) is 6.92 Å². The lowest BCUT2D eigenvalue weighted by molar-refractivity contribution is -0.140. The number of likely N-dealkylation sites (tertiary alicyclic amines) is 1. The number of carbonyl (C=O) groups is 2. The summed E-state index contributed by atoms with van der Waals surface area (Å²) in [5.41, 5.74) is 1.82. The Morgan fingerprint density at radius 3 is 2.46 bits per heavy atom. The maximum atomic E-state index is 13.7. The summed E-state index contributed by atoms with van der Waals surface area (Å²) in [4.78, 5) is 30.2. The Hall–Kier alpha value is -3.23. The zero-order valence-electron chi connectivity index (χ0n) is 21.7. The summed E-state index contributed by atoms with van der Waals surface area (Å²) in [5.74, 6) is -1.00. The third-order valence-corrected chi connectivity index (χ3v) is 6.72. The van der Waals surface area contributed by atoms with Crippen LogP contribution in [0.5, 0.6) is 5.75 Å². The molecule has 2 aromatic rings. The van der Waals surface area contributed by atoms with Gasteiger partial charge in [0, 0.05) is 31.7 Å². The number of amides is 1. The normalized spacial score (nSPS) is 20.1. The van der Waals surface area contributed by atoms with Gasteiger partial charge >= 0.3 is 0 Å². The highest BCUT2D eigenvalue weighted by Crippen LogP contribution is 2.40. The number of ketones is 1. The molecule has 2 aliphatic heterocycles. The van der Waals surface area contributed by atoms with Gasteiger partial charge in [0.25, 0.3) is 11.7 Å². The molecule has 4 rings (SSSR count). The molecule has 0 unspecified atom stereocenters. The zero-order valence-corrected chi connectivity index (χ0v) is 21.7. The Kier molecular flexibility index (Phi) is 8.61. The zero-order chi connectivity index (χ0) is 26.5. The molecule has 37 heavy (non-hydrogen) atoms. The Morgan fingerprint density at radius 2 is 1.81 bits per heavy atom. The first-order valence-electron chi connectivity index (χ1n) is 12.8. The van der Waals surface area contributed by atoms with E-state index in [-0.39, 0.29) is 11.3 Å². The fourth-order valence-electron chi connectivity index (χ4n) is 4.76. The smallest absolute Gasteiger partial charge is 0.295 e. The molecule has 2 heterocycles. The number of halogens is 1. The number of carbonyl (C=O) groups excluding carboxylic acids is 2. The van der Waals surface area contributed by atoms with E-state index in [4.69, 9.17) is 9.47 Å². The average molecular weight is 511 g/mol. The minimum absolute atomic E-state index is 0.0122. The molecule has 8 heteroatoms. The topological polar surface area (TPSA) is 79.3 Å². The van der Waals surface area contributed by atoms with E-state index in [0.717, 1.165) is 25.2 Å². The molecular formula is C29H35FN2O5. The summed E-state index contributed by atoms with van der Waals surface area (Å²) < 4.78 is 24.9. The van der Waals surface area contributed by atoms with Crippen LogP contribution in [0.2, 0.25) is 0 Å². The van der Waals surface area contributed by atoms with Crippen molar-refractivity contribution < 1.29 is 28.6 Å². The number of aliphatic hydroxyl groups is 1. The highest BCUT2D eigenvalue weighted by molar-refractivity contribution is 6.46. The monoisotopic (exact) mass is 510 g/mol. The molecule has 0 saturated carbocycles. The van der Waals surface area contributed by atoms with Gasteiger partial charge in [0.15, 0.2) is 0 Å². The molecule has 2 fully saturated rings. The van der Waals surface area contributed by atoms with E-state index in [2.05, 4.69) is 18.7 Å². The molecule has 0 aliphatic carbocycles.